The summed E-state index contributed by atoms with van der Waals surface area (Å²) >= 11 is 0. The van der Waals surface area contributed by atoms with E-state index in [1.807, 2.05) is 19.9 Å². The van der Waals surface area contributed by atoms with E-state index < -0.39 is 5.79 Å². The molecule has 0 spiro atoms. The lowest BCUT2D eigenvalue weighted by molar-refractivity contribution is -0.147. The van der Waals surface area contributed by atoms with Crippen LogP contribution in [-0.4, -0.2) is 24.0 Å². The van der Waals surface area contributed by atoms with Crippen LogP contribution < -0.4 is 5.73 Å². The summed E-state index contributed by atoms with van der Waals surface area (Å²) in [5.74, 6) is -0.534. The fourth-order valence-corrected chi connectivity index (χ4v) is 2.83. The molecule has 3 atom stereocenters. The van der Waals surface area contributed by atoms with Gasteiger partial charge in [0, 0.05) is 12.5 Å². The highest BCUT2D eigenvalue weighted by Crippen LogP contribution is 2.32. The zero-order valence-corrected chi connectivity index (χ0v) is 12.8. The summed E-state index contributed by atoms with van der Waals surface area (Å²) in [6.07, 6.45) is 4.17. The Labute approximate surface area is 122 Å². The summed E-state index contributed by atoms with van der Waals surface area (Å²) in [5.41, 5.74) is 7.60. The molecular weight excluding hydrogens is 250 g/mol. The van der Waals surface area contributed by atoms with Gasteiger partial charge in [0.15, 0.2) is 5.79 Å². The molecule has 0 aromatic heterocycles. The Kier molecular flexibility index (Phi) is 5.19. The minimum absolute atomic E-state index is 0.0169. The third-order valence-electron chi connectivity index (χ3n) is 3.81. The SMILES string of the molecule is CCCC[C@@H](N)[C@@H]1OC(C)(C)O[C@H]1Cc1ccccc1. The van der Waals surface area contributed by atoms with E-state index >= 15 is 0 Å². The molecule has 0 bridgehead atoms. The van der Waals surface area contributed by atoms with Crippen LogP contribution in [0.5, 0.6) is 0 Å². The van der Waals surface area contributed by atoms with E-state index in [0.717, 1.165) is 25.7 Å². The first kappa shape index (κ1) is 15.5. The van der Waals surface area contributed by atoms with Crippen molar-refractivity contribution in [3.8, 4) is 0 Å². The molecule has 0 saturated carbocycles. The van der Waals surface area contributed by atoms with Crippen molar-refractivity contribution in [3.63, 3.8) is 0 Å². The Morgan fingerprint density at radius 3 is 2.55 bits per heavy atom. The van der Waals surface area contributed by atoms with E-state index in [4.69, 9.17) is 15.2 Å². The van der Waals surface area contributed by atoms with Gasteiger partial charge in [-0.05, 0) is 25.8 Å². The number of hydrogen-bond donors (Lipinski definition) is 1. The third-order valence-corrected chi connectivity index (χ3v) is 3.81. The highest BCUT2D eigenvalue weighted by atomic mass is 16.8. The van der Waals surface area contributed by atoms with Crippen molar-refractivity contribution in [2.45, 2.75) is 70.5 Å². The molecule has 0 amide bonds. The molecule has 0 unspecified atom stereocenters. The number of ether oxygens (including phenoxy) is 2. The summed E-state index contributed by atoms with van der Waals surface area (Å²) in [6.45, 7) is 6.12. The molecular formula is C17H27NO2. The van der Waals surface area contributed by atoms with Gasteiger partial charge in [0.25, 0.3) is 0 Å². The maximum Gasteiger partial charge on any atom is 0.163 e. The average molecular weight is 277 g/mol. The van der Waals surface area contributed by atoms with Gasteiger partial charge >= 0.3 is 0 Å². The van der Waals surface area contributed by atoms with Gasteiger partial charge in [-0.25, -0.2) is 0 Å². The quantitative estimate of drug-likeness (QED) is 0.868. The van der Waals surface area contributed by atoms with E-state index in [2.05, 4.69) is 31.2 Å². The van der Waals surface area contributed by atoms with Crippen LogP contribution in [-0.2, 0) is 15.9 Å². The first-order chi connectivity index (χ1) is 9.52. The van der Waals surface area contributed by atoms with Gasteiger partial charge in [0.1, 0.15) is 6.10 Å². The minimum atomic E-state index is -0.534. The molecule has 1 heterocycles. The maximum absolute atomic E-state index is 6.33. The molecule has 2 N–H and O–H groups in total. The molecule has 1 aliphatic rings. The van der Waals surface area contributed by atoms with E-state index in [0.29, 0.717) is 0 Å². The van der Waals surface area contributed by atoms with E-state index in [1.165, 1.54) is 5.56 Å². The molecule has 3 heteroatoms. The second-order valence-electron chi connectivity index (χ2n) is 6.13. The Hall–Kier alpha value is -0.900. The van der Waals surface area contributed by atoms with E-state index in [1.54, 1.807) is 0 Å². The number of hydrogen-bond acceptors (Lipinski definition) is 3. The number of nitrogens with two attached hydrogens (primary N) is 1. The molecule has 1 fully saturated rings. The predicted molar refractivity (Wildman–Crippen MR) is 81.5 cm³/mol. The summed E-state index contributed by atoms with van der Waals surface area (Å²) in [4.78, 5) is 0. The maximum atomic E-state index is 6.33. The lowest BCUT2D eigenvalue weighted by atomic mass is 9.96. The molecule has 2 rings (SSSR count). The molecule has 1 aromatic rings. The Balaban J connectivity index is 2.04. The van der Waals surface area contributed by atoms with Crippen molar-refractivity contribution in [2.24, 2.45) is 5.73 Å². The van der Waals surface area contributed by atoms with Crippen LogP contribution in [0, 0.1) is 0 Å². The van der Waals surface area contributed by atoms with Gasteiger partial charge in [-0.1, -0.05) is 50.1 Å². The van der Waals surface area contributed by atoms with Gasteiger partial charge in [0.2, 0.25) is 0 Å². The zero-order chi connectivity index (χ0) is 14.6. The van der Waals surface area contributed by atoms with Crippen molar-refractivity contribution < 1.29 is 9.47 Å². The lowest BCUT2D eigenvalue weighted by Gasteiger charge is -2.23. The standard InChI is InChI=1S/C17H27NO2/c1-4-5-11-14(18)16-15(19-17(2,3)20-16)12-13-9-7-6-8-10-13/h6-10,14-16H,4-5,11-12,18H2,1-3H3/t14-,15+,16+/m1/s1. The predicted octanol–water partition coefficient (Wildman–Crippen LogP) is 3.27. The molecule has 20 heavy (non-hydrogen) atoms. The van der Waals surface area contributed by atoms with Gasteiger partial charge in [0.05, 0.1) is 6.10 Å². The number of unbranched alkanes of at least 4 members (excludes halogenated alkanes) is 1. The minimum Gasteiger partial charge on any atom is -0.344 e. The van der Waals surface area contributed by atoms with Crippen LogP contribution in [0.2, 0.25) is 0 Å². The molecule has 1 aromatic carbocycles. The molecule has 112 valence electrons. The van der Waals surface area contributed by atoms with Crippen molar-refractivity contribution in [2.75, 3.05) is 0 Å². The van der Waals surface area contributed by atoms with Crippen LogP contribution in [0.15, 0.2) is 30.3 Å². The lowest BCUT2D eigenvalue weighted by Crippen LogP contribution is -2.42. The highest BCUT2D eigenvalue weighted by molar-refractivity contribution is 5.16. The van der Waals surface area contributed by atoms with Crippen molar-refractivity contribution in [1.29, 1.82) is 0 Å². The summed E-state index contributed by atoms with van der Waals surface area (Å²) in [7, 11) is 0. The van der Waals surface area contributed by atoms with Crippen LogP contribution in [0.25, 0.3) is 0 Å². The Bertz CT molecular complexity index is 405. The number of benzene rings is 1. The largest absolute Gasteiger partial charge is 0.344 e. The van der Waals surface area contributed by atoms with Crippen molar-refractivity contribution in [3.05, 3.63) is 35.9 Å². The molecule has 3 nitrogen and oxygen atoms in total. The van der Waals surface area contributed by atoms with E-state index in [-0.39, 0.29) is 18.2 Å². The summed E-state index contributed by atoms with van der Waals surface area (Å²) in [5, 5.41) is 0. The van der Waals surface area contributed by atoms with Gasteiger partial charge in [-0.2, -0.15) is 0 Å². The molecule has 0 radical (unpaired) electrons. The third kappa shape index (κ3) is 4.05. The summed E-state index contributed by atoms with van der Waals surface area (Å²) < 4.78 is 12.1. The van der Waals surface area contributed by atoms with Crippen LogP contribution in [0.1, 0.15) is 45.6 Å². The second-order valence-corrected chi connectivity index (χ2v) is 6.13. The van der Waals surface area contributed by atoms with Gasteiger partial charge < -0.3 is 15.2 Å². The smallest absolute Gasteiger partial charge is 0.163 e. The first-order valence-corrected chi connectivity index (χ1v) is 7.67. The Morgan fingerprint density at radius 1 is 1.20 bits per heavy atom. The van der Waals surface area contributed by atoms with Crippen LogP contribution in [0.3, 0.4) is 0 Å². The molecule has 1 aliphatic heterocycles. The zero-order valence-electron chi connectivity index (χ0n) is 12.8. The van der Waals surface area contributed by atoms with Crippen molar-refractivity contribution >= 4 is 0 Å². The van der Waals surface area contributed by atoms with Crippen LogP contribution >= 0.6 is 0 Å². The normalized spacial score (nSPS) is 26.6. The van der Waals surface area contributed by atoms with E-state index in [9.17, 15) is 0 Å². The highest BCUT2D eigenvalue weighted by Gasteiger charge is 2.43. The topological polar surface area (TPSA) is 44.5 Å². The van der Waals surface area contributed by atoms with Crippen molar-refractivity contribution in [1.82, 2.24) is 0 Å². The fraction of sp³-hybridized carbons (Fsp3) is 0.647. The first-order valence-electron chi connectivity index (χ1n) is 7.67. The Morgan fingerprint density at radius 2 is 1.90 bits per heavy atom. The van der Waals surface area contributed by atoms with Gasteiger partial charge in [-0.15, -0.1) is 0 Å². The molecule has 1 saturated heterocycles. The fourth-order valence-electron chi connectivity index (χ4n) is 2.83. The van der Waals surface area contributed by atoms with Gasteiger partial charge in [-0.3, -0.25) is 0 Å². The monoisotopic (exact) mass is 277 g/mol. The summed E-state index contributed by atoms with van der Waals surface area (Å²) in [6, 6.07) is 10.5. The van der Waals surface area contributed by atoms with Crippen LogP contribution in [0.4, 0.5) is 0 Å². The second kappa shape index (κ2) is 6.70. The number of rotatable bonds is 6. The molecule has 0 aliphatic carbocycles. The average Bonchev–Trinajstić information content (AvgIpc) is 2.72.